The van der Waals surface area contributed by atoms with E-state index in [0.717, 1.165) is 18.4 Å². The van der Waals surface area contributed by atoms with Crippen LogP contribution in [0.4, 0.5) is 0 Å². The molecule has 1 aromatic rings. The first-order valence-corrected chi connectivity index (χ1v) is 6.29. The lowest BCUT2D eigenvalue weighted by Crippen LogP contribution is -2.36. The van der Waals surface area contributed by atoms with Crippen LogP contribution >= 0.6 is 0 Å². The summed E-state index contributed by atoms with van der Waals surface area (Å²) < 4.78 is 5.34. The van der Waals surface area contributed by atoms with Gasteiger partial charge in [0.15, 0.2) is 6.61 Å². The Labute approximate surface area is 107 Å². The molecular weight excluding hydrogens is 230 g/mol. The van der Waals surface area contributed by atoms with Crippen molar-refractivity contribution in [3.8, 4) is 5.75 Å². The van der Waals surface area contributed by atoms with Crippen LogP contribution in [0.15, 0.2) is 24.3 Å². The first kappa shape index (κ1) is 12.9. The predicted octanol–water partition coefficient (Wildman–Crippen LogP) is 1.26. The molecule has 0 aromatic heterocycles. The van der Waals surface area contributed by atoms with Gasteiger partial charge in [-0.2, -0.15) is 0 Å². The lowest BCUT2D eigenvalue weighted by molar-refractivity contribution is -0.123. The quantitative estimate of drug-likeness (QED) is 0.798. The Morgan fingerprint density at radius 2 is 2.11 bits per heavy atom. The van der Waals surface area contributed by atoms with Crippen LogP contribution in [0.5, 0.6) is 5.75 Å². The van der Waals surface area contributed by atoms with Crippen molar-refractivity contribution in [2.75, 3.05) is 13.2 Å². The summed E-state index contributed by atoms with van der Waals surface area (Å²) in [4.78, 5) is 11.5. The number of hydrogen-bond acceptors (Lipinski definition) is 3. The summed E-state index contributed by atoms with van der Waals surface area (Å²) in [5.41, 5.74) is 1.15. The zero-order valence-electron chi connectivity index (χ0n) is 10.6. The predicted molar refractivity (Wildman–Crippen MR) is 68.4 cm³/mol. The maximum atomic E-state index is 11.5. The molecule has 1 saturated carbocycles. The van der Waals surface area contributed by atoms with Crippen LogP contribution in [0.25, 0.3) is 0 Å². The van der Waals surface area contributed by atoms with Crippen molar-refractivity contribution in [1.82, 2.24) is 5.32 Å². The number of aryl methyl sites for hydroxylation is 1. The first-order valence-electron chi connectivity index (χ1n) is 6.29. The third kappa shape index (κ3) is 4.04. The first-order chi connectivity index (χ1) is 8.65. The van der Waals surface area contributed by atoms with Crippen molar-refractivity contribution in [3.05, 3.63) is 29.8 Å². The van der Waals surface area contributed by atoms with Crippen molar-refractivity contribution in [1.29, 1.82) is 0 Å². The molecule has 1 fully saturated rings. The third-order valence-electron chi connectivity index (χ3n) is 3.07. The van der Waals surface area contributed by atoms with Crippen molar-refractivity contribution < 1.29 is 14.6 Å². The standard InChI is InChI=1S/C14H19NO3/c1-10-2-6-12(7-3-10)18-9-14(17)15-8-13(16)11-4-5-11/h2-3,6-7,11,13,16H,4-5,8-9H2,1H3,(H,15,17). The largest absolute Gasteiger partial charge is 0.484 e. The van der Waals surface area contributed by atoms with E-state index in [1.165, 1.54) is 0 Å². The molecular formula is C14H19NO3. The van der Waals surface area contributed by atoms with Gasteiger partial charge < -0.3 is 15.2 Å². The average Bonchev–Trinajstić information content (AvgIpc) is 3.19. The molecule has 18 heavy (non-hydrogen) atoms. The number of nitrogens with one attached hydrogen (secondary N) is 1. The number of benzene rings is 1. The highest BCUT2D eigenvalue weighted by Crippen LogP contribution is 2.32. The molecule has 2 rings (SSSR count). The van der Waals surface area contributed by atoms with Gasteiger partial charge in [-0.3, -0.25) is 4.79 Å². The van der Waals surface area contributed by atoms with Gasteiger partial charge in [-0.1, -0.05) is 17.7 Å². The van der Waals surface area contributed by atoms with Crippen LogP contribution in [0, 0.1) is 12.8 Å². The lowest BCUT2D eigenvalue weighted by atomic mass is 10.2. The van der Waals surface area contributed by atoms with Crippen LogP contribution in [0.3, 0.4) is 0 Å². The van der Waals surface area contributed by atoms with E-state index in [1.54, 1.807) is 0 Å². The third-order valence-corrected chi connectivity index (χ3v) is 3.07. The summed E-state index contributed by atoms with van der Waals surface area (Å²) in [5, 5.41) is 12.3. The van der Waals surface area contributed by atoms with E-state index in [1.807, 2.05) is 31.2 Å². The molecule has 1 aliphatic rings. The molecule has 0 saturated heterocycles. The fourth-order valence-corrected chi connectivity index (χ4v) is 1.70. The van der Waals surface area contributed by atoms with E-state index in [2.05, 4.69) is 5.32 Å². The van der Waals surface area contributed by atoms with E-state index in [4.69, 9.17) is 4.74 Å². The Kier molecular flexibility index (Phi) is 4.20. The molecule has 0 aliphatic heterocycles. The summed E-state index contributed by atoms with van der Waals surface area (Å²) in [5.74, 6) is 0.858. The van der Waals surface area contributed by atoms with Gasteiger partial charge in [0.2, 0.25) is 0 Å². The Hall–Kier alpha value is -1.55. The minimum atomic E-state index is -0.409. The molecule has 1 amide bonds. The Bertz CT molecular complexity index is 398. The molecule has 0 radical (unpaired) electrons. The number of aliphatic hydroxyl groups excluding tert-OH is 1. The number of carbonyl (C=O) groups is 1. The number of hydrogen-bond donors (Lipinski definition) is 2. The second kappa shape index (κ2) is 5.87. The van der Waals surface area contributed by atoms with Gasteiger partial charge in [0.05, 0.1) is 6.10 Å². The minimum absolute atomic E-state index is 0.0134. The van der Waals surface area contributed by atoms with Gasteiger partial charge in [0.1, 0.15) is 5.75 Å². The van der Waals surface area contributed by atoms with Gasteiger partial charge in [0.25, 0.3) is 5.91 Å². The lowest BCUT2D eigenvalue weighted by Gasteiger charge is -2.11. The average molecular weight is 249 g/mol. The maximum absolute atomic E-state index is 11.5. The number of rotatable bonds is 6. The number of carbonyl (C=O) groups excluding carboxylic acids is 1. The zero-order chi connectivity index (χ0) is 13.0. The maximum Gasteiger partial charge on any atom is 0.258 e. The molecule has 98 valence electrons. The molecule has 1 atom stereocenters. The Balaban J connectivity index is 1.66. The Morgan fingerprint density at radius 1 is 1.44 bits per heavy atom. The van der Waals surface area contributed by atoms with E-state index in [9.17, 15) is 9.90 Å². The van der Waals surface area contributed by atoms with Gasteiger partial charge in [-0.25, -0.2) is 0 Å². The summed E-state index contributed by atoms with van der Waals surface area (Å²) in [7, 11) is 0. The Morgan fingerprint density at radius 3 is 2.72 bits per heavy atom. The highest BCUT2D eigenvalue weighted by Gasteiger charge is 2.29. The van der Waals surface area contributed by atoms with E-state index >= 15 is 0 Å². The number of aliphatic hydroxyl groups is 1. The second-order valence-corrected chi connectivity index (χ2v) is 4.81. The van der Waals surface area contributed by atoms with Crippen LogP contribution in [0.1, 0.15) is 18.4 Å². The smallest absolute Gasteiger partial charge is 0.258 e. The summed E-state index contributed by atoms with van der Waals surface area (Å²) in [6.07, 6.45) is 1.72. The van der Waals surface area contributed by atoms with E-state index in [-0.39, 0.29) is 12.5 Å². The van der Waals surface area contributed by atoms with Gasteiger partial charge >= 0.3 is 0 Å². The highest BCUT2D eigenvalue weighted by atomic mass is 16.5. The van der Waals surface area contributed by atoms with Gasteiger partial charge in [0, 0.05) is 6.54 Å². The minimum Gasteiger partial charge on any atom is -0.484 e. The normalized spacial score (nSPS) is 16.1. The molecule has 0 bridgehead atoms. The van der Waals surface area contributed by atoms with Gasteiger partial charge in [-0.15, -0.1) is 0 Å². The zero-order valence-corrected chi connectivity index (χ0v) is 10.6. The molecule has 0 heterocycles. The molecule has 1 aliphatic carbocycles. The van der Waals surface area contributed by atoms with Crippen LogP contribution in [-0.2, 0) is 4.79 Å². The monoisotopic (exact) mass is 249 g/mol. The number of ether oxygens (including phenoxy) is 1. The van der Waals surface area contributed by atoms with Crippen molar-refractivity contribution in [2.24, 2.45) is 5.92 Å². The van der Waals surface area contributed by atoms with Gasteiger partial charge in [-0.05, 0) is 37.8 Å². The topological polar surface area (TPSA) is 58.6 Å². The highest BCUT2D eigenvalue weighted by molar-refractivity contribution is 5.77. The SMILES string of the molecule is Cc1ccc(OCC(=O)NCC(O)C2CC2)cc1. The van der Waals surface area contributed by atoms with Crippen molar-refractivity contribution in [2.45, 2.75) is 25.9 Å². The van der Waals surface area contributed by atoms with E-state index < -0.39 is 6.10 Å². The molecule has 4 heteroatoms. The molecule has 4 nitrogen and oxygen atoms in total. The van der Waals surface area contributed by atoms with Crippen LogP contribution in [0.2, 0.25) is 0 Å². The molecule has 1 aromatic carbocycles. The molecule has 1 unspecified atom stereocenters. The number of amides is 1. The fraction of sp³-hybridized carbons (Fsp3) is 0.500. The summed E-state index contributed by atoms with van der Waals surface area (Å²) in [6.45, 7) is 2.30. The molecule has 2 N–H and O–H groups in total. The second-order valence-electron chi connectivity index (χ2n) is 4.81. The summed E-state index contributed by atoms with van der Waals surface area (Å²) >= 11 is 0. The fourth-order valence-electron chi connectivity index (χ4n) is 1.70. The van der Waals surface area contributed by atoms with Crippen molar-refractivity contribution >= 4 is 5.91 Å². The van der Waals surface area contributed by atoms with Crippen molar-refractivity contribution in [3.63, 3.8) is 0 Å². The van der Waals surface area contributed by atoms with Crippen LogP contribution < -0.4 is 10.1 Å². The van der Waals surface area contributed by atoms with Crippen LogP contribution in [-0.4, -0.2) is 30.3 Å². The van der Waals surface area contributed by atoms with E-state index in [0.29, 0.717) is 18.2 Å². The summed E-state index contributed by atoms with van der Waals surface area (Å²) in [6, 6.07) is 7.54. The molecule has 0 spiro atoms.